The molecule has 2 aromatic carbocycles. The van der Waals surface area contributed by atoms with Gasteiger partial charge in [0.25, 0.3) is 0 Å². The number of nitrogens with zero attached hydrogens (tertiary/aromatic N) is 1. The molecular weight excluding hydrogens is 342 g/mol. The third-order valence-electron chi connectivity index (χ3n) is 3.77. The van der Waals surface area contributed by atoms with Gasteiger partial charge in [0.05, 0.1) is 17.6 Å². The van der Waals surface area contributed by atoms with Crippen LogP contribution in [0.2, 0.25) is 0 Å². The van der Waals surface area contributed by atoms with Crippen molar-refractivity contribution in [2.75, 3.05) is 0 Å². The van der Waals surface area contributed by atoms with Gasteiger partial charge in [0.2, 0.25) is 0 Å². The quantitative estimate of drug-likeness (QED) is 0.598. The second-order valence-electron chi connectivity index (χ2n) is 5.11. The lowest BCUT2D eigenvalue weighted by Crippen LogP contribution is -2.07. The van der Waals surface area contributed by atoms with E-state index >= 15 is 0 Å². The van der Waals surface area contributed by atoms with Crippen LogP contribution >= 0.6 is 15.9 Å². The van der Waals surface area contributed by atoms with Crippen molar-refractivity contribution in [2.24, 2.45) is 0 Å². The lowest BCUT2D eigenvalue weighted by Gasteiger charge is -2.18. The van der Waals surface area contributed by atoms with Crippen LogP contribution in [0.25, 0.3) is 0 Å². The molecule has 4 heteroatoms. The van der Waals surface area contributed by atoms with Crippen LogP contribution in [-0.4, -0.2) is 5.97 Å². The van der Waals surface area contributed by atoms with Crippen molar-refractivity contribution in [3.05, 3.63) is 81.8 Å². The number of carbonyl (C=O) groups excluding carboxylic acids is 1. The molecule has 0 aromatic heterocycles. The van der Waals surface area contributed by atoms with Gasteiger partial charge < -0.3 is 4.74 Å². The zero-order valence-corrected chi connectivity index (χ0v) is 13.2. The van der Waals surface area contributed by atoms with E-state index in [4.69, 9.17) is 10.00 Å². The molecule has 0 saturated carbocycles. The molecule has 1 heterocycles. The number of rotatable bonds is 2. The number of hydrogen-bond donors (Lipinski definition) is 0. The highest BCUT2D eigenvalue weighted by Crippen LogP contribution is 2.45. The summed E-state index contributed by atoms with van der Waals surface area (Å²) in [6, 6.07) is 17.0. The summed E-state index contributed by atoms with van der Waals surface area (Å²) in [5.41, 5.74) is 2.87. The van der Waals surface area contributed by atoms with Gasteiger partial charge in [-0.05, 0) is 35.4 Å². The molecule has 108 valence electrons. The van der Waals surface area contributed by atoms with Crippen molar-refractivity contribution in [3.8, 4) is 6.07 Å². The van der Waals surface area contributed by atoms with Crippen LogP contribution in [0.4, 0.5) is 0 Å². The van der Waals surface area contributed by atoms with Crippen LogP contribution in [0.3, 0.4) is 0 Å². The smallest absolute Gasteiger partial charge is 0.334 e. The van der Waals surface area contributed by atoms with Crippen molar-refractivity contribution in [1.29, 1.82) is 5.26 Å². The SMILES string of the molecule is C=C1C(=O)O[C@H](c2ccc(Br)cc2)[C@@H]1c1ccc(C#N)cc1. The summed E-state index contributed by atoms with van der Waals surface area (Å²) >= 11 is 3.40. The summed E-state index contributed by atoms with van der Waals surface area (Å²) < 4.78 is 6.47. The van der Waals surface area contributed by atoms with Crippen LogP contribution in [0.5, 0.6) is 0 Å². The van der Waals surface area contributed by atoms with E-state index in [1.54, 1.807) is 12.1 Å². The highest BCUT2D eigenvalue weighted by Gasteiger charge is 2.40. The maximum atomic E-state index is 11.9. The molecule has 1 aliphatic rings. The molecule has 0 radical (unpaired) electrons. The van der Waals surface area contributed by atoms with Crippen LogP contribution in [0, 0.1) is 11.3 Å². The molecule has 2 aromatic rings. The normalized spacial score (nSPS) is 20.5. The molecule has 3 rings (SSSR count). The topological polar surface area (TPSA) is 50.1 Å². The Bertz CT molecular complexity index is 772. The summed E-state index contributed by atoms with van der Waals surface area (Å²) in [5, 5.41) is 8.89. The highest BCUT2D eigenvalue weighted by atomic mass is 79.9. The number of benzene rings is 2. The standard InChI is InChI=1S/C18H12BrNO2/c1-11-16(13-4-2-12(10-20)3-5-13)17(22-18(11)21)14-6-8-15(19)9-7-14/h2-9,16-17H,1H2/t16-,17+/m0/s1. The maximum absolute atomic E-state index is 11.9. The second kappa shape index (κ2) is 5.78. The molecule has 0 N–H and O–H groups in total. The molecular formula is C18H12BrNO2. The van der Waals surface area contributed by atoms with Gasteiger partial charge in [-0.2, -0.15) is 5.26 Å². The molecule has 0 bridgehead atoms. The average molecular weight is 354 g/mol. The minimum absolute atomic E-state index is 0.235. The van der Waals surface area contributed by atoms with Crippen LogP contribution in [0.1, 0.15) is 28.7 Å². The monoisotopic (exact) mass is 353 g/mol. The van der Waals surface area contributed by atoms with E-state index in [1.165, 1.54) is 0 Å². The summed E-state index contributed by atoms with van der Waals surface area (Å²) in [4.78, 5) is 11.9. The Kier molecular flexibility index (Phi) is 3.82. The van der Waals surface area contributed by atoms with Gasteiger partial charge in [-0.25, -0.2) is 4.79 Å². The van der Waals surface area contributed by atoms with Gasteiger partial charge >= 0.3 is 5.97 Å². The van der Waals surface area contributed by atoms with E-state index in [-0.39, 0.29) is 18.0 Å². The fraction of sp³-hybridized carbons (Fsp3) is 0.111. The molecule has 0 aliphatic carbocycles. The summed E-state index contributed by atoms with van der Waals surface area (Å²) in [6.45, 7) is 3.88. The first kappa shape index (κ1) is 14.6. The molecule has 1 aliphatic heterocycles. The number of nitriles is 1. The Morgan fingerprint density at radius 3 is 2.23 bits per heavy atom. The fourth-order valence-electron chi connectivity index (χ4n) is 2.62. The fourth-order valence-corrected chi connectivity index (χ4v) is 2.89. The lowest BCUT2D eigenvalue weighted by molar-refractivity contribution is -0.139. The highest BCUT2D eigenvalue weighted by molar-refractivity contribution is 9.10. The van der Waals surface area contributed by atoms with Gasteiger partial charge in [-0.1, -0.05) is 46.8 Å². The predicted octanol–water partition coefficient (Wildman–Crippen LogP) is 4.26. The van der Waals surface area contributed by atoms with Crippen molar-refractivity contribution in [3.63, 3.8) is 0 Å². The van der Waals surface area contributed by atoms with Gasteiger partial charge in [-0.3, -0.25) is 0 Å². The predicted molar refractivity (Wildman–Crippen MR) is 86.0 cm³/mol. The maximum Gasteiger partial charge on any atom is 0.334 e. The van der Waals surface area contributed by atoms with Gasteiger partial charge in [0.15, 0.2) is 0 Å². The molecule has 3 nitrogen and oxygen atoms in total. The number of hydrogen-bond acceptors (Lipinski definition) is 3. The Labute approximate surface area is 137 Å². The summed E-state index contributed by atoms with van der Waals surface area (Å²) in [5.74, 6) is -0.608. The van der Waals surface area contributed by atoms with E-state index in [9.17, 15) is 4.79 Å². The number of ether oxygens (including phenoxy) is 1. The van der Waals surface area contributed by atoms with Crippen molar-refractivity contribution < 1.29 is 9.53 Å². The van der Waals surface area contributed by atoms with Gasteiger partial charge in [-0.15, -0.1) is 0 Å². The lowest BCUT2D eigenvalue weighted by atomic mass is 9.86. The first-order valence-corrected chi connectivity index (χ1v) is 7.55. The third-order valence-corrected chi connectivity index (χ3v) is 4.30. The van der Waals surface area contributed by atoms with Crippen LogP contribution in [0.15, 0.2) is 65.2 Å². The first-order chi connectivity index (χ1) is 10.6. The Balaban J connectivity index is 2.01. The molecule has 1 saturated heterocycles. The number of carbonyl (C=O) groups is 1. The molecule has 1 fully saturated rings. The Morgan fingerprint density at radius 1 is 1.05 bits per heavy atom. The van der Waals surface area contributed by atoms with Crippen molar-refractivity contribution >= 4 is 21.9 Å². The third kappa shape index (κ3) is 2.56. The van der Waals surface area contributed by atoms with E-state index < -0.39 is 0 Å². The summed E-state index contributed by atoms with van der Waals surface area (Å²) in [6.07, 6.45) is -0.388. The molecule has 22 heavy (non-hydrogen) atoms. The minimum atomic E-state index is -0.388. The van der Waals surface area contributed by atoms with E-state index in [2.05, 4.69) is 28.6 Å². The number of esters is 1. The van der Waals surface area contributed by atoms with Crippen molar-refractivity contribution in [2.45, 2.75) is 12.0 Å². The van der Waals surface area contributed by atoms with E-state index in [1.807, 2.05) is 36.4 Å². The molecule has 0 spiro atoms. The molecule has 0 unspecified atom stereocenters. The van der Waals surface area contributed by atoms with Crippen LogP contribution in [-0.2, 0) is 9.53 Å². The van der Waals surface area contributed by atoms with Gasteiger partial charge in [0.1, 0.15) is 6.10 Å². The van der Waals surface area contributed by atoms with Crippen molar-refractivity contribution in [1.82, 2.24) is 0 Å². The summed E-state index contributed by atoms with van der Waals surface area (Å²) in [7, 11) is 0. The number of halogens is 1. The molecule has 2 atom stereocenters. The van der Waals surface area contributed by atoms with Gasteiger partial charge in [0, 0.05) is 10.0 Å². The van der Waals surface area contributed by atoms with E-state index in [0.29, 0.717) is 11.1 Å². The zero-order chi connectivity index (χ0) is 15.7. The number of cyclic esters (lactones) is 1. The average Bonchev–Trinajstić information content (AvgIpc) is 2.84. The second-order valence-corrected chi connectivity index (χ2v) is 6.03. The first-order valence-electron chi connectivity index (χ1n) is 6.75. The largest absolute Gasteiger partial charge is 0.453 e. The Morgan fingerprint density at radius 2 is 1.64 bits per heavy atom. The van der Waals surface area contributed by atoms with E-state index in [0.717, 1.165) is 15.6 Å². The Hall–Kier alpha value is -2.38. The molecule has 0 amide bonds. The minimum Gasteiger partial charge on any atom is -0.453 e. The van der Waals surface area contributed by atoms with Crippen LogP contribution < -0.4 is 0 Å². The zero-order valence-electron chi connectivity index (χ0n) is 11.6.